The Hall–Kier alpha value is -1.94. The van der Waals surface area contributed by atoms with Crippen molar-refractivity contribution in [2.45, 2.75) is 452 Å². The average molecular weight is 1480 g/mol. The summed E-state index contributed by atoms with van der Waals surface area (Å²) in [5, 5.41) is 10.6. The second-order valence-electron chi connectivity index (χ2n) is 30.5. The number of rotatable bonds is 81. The summed E-state index contributed by atoms with van der Waals surface area (Å²) >= 11 is 0. The number of carbonyl (C=O) groups excluding carboxylic acids is 4. The van der Waals surface area contributed by atoms with E-state index in [-0.39, 0.29) is 25.7 Å². The Morgan fingerprint density at radius 1 is 0.267 bits per heavy atom. The van der Waals surface area contributed by atoms with Crippen LogP contribution in [0.25, 0.3) is 0 Å². The summed E-state index contributed by atoms with van der Waals surface area (Å²) in [6.45, 7) is 9.66. The molecule has 0 aromatic rings. The van der Waals surface area contributed by atoms with Crippen molar-refractivity contribution in [1.29, 1.82) is 0 Å². The van der Waals surface area contributed by atoms with Crippen LogP contribution in [0.4, 0.5) is 0 Å². The average Bonchev–Trinajstić information content (AvgIpc) is 0.955. The maximum Gasteiger partial charge on any atom is 0.472 e. The molecule has 0 saturated heterocycles. The molecule has 0 rings (SSSR count). The third kappa shape index (κ3) is 76.1. The van der Waals surface area contributed by atoms with Crippen molar-refractivity contribution in [3.63, 3.8) is 0 Å². The van der Waals surface area contributed by atoms with Crippen molar-refractivity contribution < 1.29 is 80.2 Å². The van der Waals surface area contributed by atoms with E-state index in [4.69, 9.17) is 37.0 Å². The molecule has 0 radical (unpaired) electrons. The zero-order valence-corrected chi connectivity index (χ0v) is 68.0. The summed E-state index contributed by atoms with van der Waals surface area (Å²) in [4.78, 5) is 73.0. The van der Waals surface area contributed by atoms with Crippen LogP contribution >= 0.6 is 15.6 Å². The molecule has 17 nitrogen and oxygen atoms in total. The number of hydrogen-bond acceptors (Lipinski definition) is 15. The first-order chi connectivity index (χ1) is 48.9. The number of esters is 4. The van der Waals surface area contributed by atoms with E-state index in [9.17, 15) is 43.2 Å². The van der Waals surface area contributed by atoms with Gasteiger partial charge in [-0.3, -0.25) is 37.3 Å². The van der Waals surface area contributed by atoms with Gasteiger partial charge in [0.05, 0.1) is 26.4 Å². The maximum absolute atomic E-state index is 13.1. The van der Waals surface area contributed by atoms with Gasteiger partial charge in [-0.2, -0.15) is 0 Å². The van der Waals surface area contributed by atoms with Crippen LogP contribution in [-0.2, 0) is 65.4 Å². The molecule has 5 atom stereocenters. The van der Waals surface area contributed by atoms with E-state index in [0.29, 0.717) is 25.7 Å². The third-order valence-corrected chi connectivity index (χ3v) is 21.1. The van der Waals surface area contributed by atoms with Gasteiger partial charge in [-0.05, 0) is 37.5 Å². The highest BCUT2D eigenvalue weighted by Crippen LogP contribution is 2.45. The smallest absolute Gasteiger partial charge is 0.462 e. The largest absolute Gasteiger partial charge is 0.472 e. The number of phosphoric acid groups is 2. The number of unbranched alkanes of at least 4 members (excludes halogenated alkanes) is 51. The van der Waals surface area contributed by atoms with E-state index in [1.54, 1.807) is 0 Å². The van der Waals surface area contributed by atoms with Crippen molar-refractivity contribution in [3.05, 3.63) is 0 Å². The molecule has 19 heteroatoms. The molecule has 0 bridgehead atoms. The van der Waals surface area contributed by atoms with Gasteiger partial charge in [0.15, 0.2) is 12.2 Å². The number of aliphatic hydroxyl groups is 1. The van der Waals surface area contributed by atoms with Crippen LogP contribution in [0.5, 0.6) is 0 Å². The minimum atomic E-state index is -4.96. The fraction of sp³-hybridized carbons (Fsp3) is 0.951. The fourth-order valence-electron chi connectivity index (χ4n) is 12.7. The van der Waals surface area contributed by atoms with E-state index < -0.39 is 97.5 Å². The third-order valence-electron chi connectivity index (χ3n) is 19.2. The SMILES string of the molecule is CCCCCCCCCCCCCCCCCCCC(=O)OC[C@H](COP(=O)(O)OC[C@@H](O)COP(=O)(O)OC[C@@H](COC(=O)CCCCCCCCCC)OC(=O)CCCCCCCCCCCCCCC(C)C)OC(=O)CCCCCCCCCCCCCCCCCCCCC(C)C. The zero-order valence-electron chi connectivity index (χ0n) is 66.2. The zero-order chi connectivity index (χ0) is 74.2. The standard InChI is InChI=1S/C82H160O17P2/c1-7-9-11-13-15-17-18-19-20-23-27-30-36-41-47-53-59-65-80(85)93-71-78(99-81(86)66-60-54-48-42-37-31-28-25-22-21-24-26-29-34-39-44-50-56-62-74(3)4)73-97-101(90,91)95-69-76(83)68-94-100(88,89)96-72-77(70-92-79(84)64-58-52-46-16-14-12-10-8-2)98-82(87)67-61-55-49-43-38-33-32-35-40-45-51-57-63-75(5)6/h74-78,83H,7-73H2,1-6H3,(H,88,89)(H,90,91)/t76-,77+,78+/m0/s1. The first-order valence-electron chi connectivity index (χ1n) is 42.5. The van der Waals surface area contributed by atoms with Crippen molar-refractivity contribution in [1.82, 2.24) is 0 Å². The Kier molecular flexibility index (Phi) is 72.2. The number of carbonyl (C=O) groups is 4. The highest BCUT2D eigenvalue weighted by molar-refractivity contribution is 7.47. The van der Waals surface area contributed by atoms with Crippen molar-refractivity contribution in [3.8, 4) is 0 Å². The lowest BCUT2D eigenvalue weighted by molar-refractivity contribution is -0.161. The molecule has 0 aliphatic carbocycles. The Labute approximate surface area is 619 Å². The summed E-state index contributed by atoms with van der Waals surface area (Å²) < 4.78 is 68.7. The molecule has 600 valence electrons. The summed E-state index contributed by atoms with van der Waals surface area (Å²) in [5.74, 6) is -0.512. The van der Waals surface area contributed by atoms with Crippen LogP contribution in [0.15, 0.2) is 0 Å². The molecule has 101 heavy (non-hydrogen) atoms. The van der Waals surface area contributed by atoms with Gasteiger partial charge in [-0.25, -0.2) is 9.13 Å². The van der Waals surface area contributed by atoms with E-state index in [2.05, 4.69) is 41.5 Å². The maximum atomic E-state index is 13.1. The first kappa shape index (κ1) is 99.1. The number of phosphoric ester groups is 2. The molecule has 0 amide bonds. The van der Waals surface area contributed by atoms with Crippen LogP contribution in [0.3, 0.4) is 0 Å². The van der Waals surface area contributed by atoms with Crippen LogP contribution in [0.2, 0.25) is 0 Å². The Bertz CT molecular complexity index is 1940. The van der Waals surface area contributed by atoms with Crippen LogP contribution in [-0.4, -0.2) is 96.7 Å². The number of ether oxygens (including phenoxy) is 4. The summed E-state index contributed by atoms with van der Waals surface area (Å²) in [7, 11) is -9.92. The molecule has 0 aliphatic rings. The monoisotopic (exact) mass is 1480 g/mol. The second kappa shape index (κ2) is 73.6. The van der Waals surface area contributed by atoms with Crippen LogP contribution in [0, 0.1) is 11.8 Å². The highest BCUT2D eigenvalue weighted by Gasteiger charge is 2.30. The lowest BCUT2D eigenvalue weighted by Gasteiger charge is -2.21. The van der Waals surface area contributed by atoms with Crippen molar-refractivity contribution >= 4 is 39.5 Å². The molecule has 0 saturated carbocycles. The molecule has 0 aromatic heterocycles. The van der Waals surface area contributed by atoms with E-state index in [1.165, 1.54) is 244 Å². The van der Waals surface area contributed by atoms with Gasteiger partial charge in [0.25, 0.3) is 0 Å². The lowest BCUT2D eigenvalue weighted by atomic mass is 10.0. The first-order valence-corrected chi connectivity index (χ1v) is 45.5. The normalized spacial score (nSPS) is 13.9. The molecule has 0 aliphatic heterocycles. The molecule has 3 N–H and O–H groups in total. The Morgan fingerprint density at radius 3 is 0.673 bits per heavy atom. The van der Waals surface area contributed by atoms with Gasteiger partial charge in [0, 0.05) is 25.7 Å². The summed E-state index contributed by atoms with van der Waals surface area (Å²) in [6, 6.07) is 0. The van der Waals surface area contributed by atoms with Gasteiger partial charge < -0.3 is 33.8 Å². The van der Waals surface area contributed by atoms with Gasteiger partial charge in [-0.1, -0.05) is 382 Å². The summed E-state index contributed by atoms with van der Waals surface area (Å²) in [5.41, 5.74) is 0. The van der Waals surface area contributed by atoms with E-state index in [1.807, 2.05) is 0 Å². The van der Waals surface area contributed by atoms with Crippen molar-refractivity contribution in [2.75, 3.05) is 39.6 Å². The molecular weight excluding hydrogens is 1320 g/mol. The quantitative estimate of drug-likeness (QED) is 0.0222. The topological polar surface area (TPSA) is 237 Å². The molecule has 0 spiro atoms. The van der Waals surface area contributed by atoms with Gasteiger partial charge in [-0.15, -0.1) is 0 Å². The molecular formula is C82H160O17P2. The minimum absolute atomic E-state index is 0.107. The predicted molar refractivity (Wildman–Crippen MR) is 414 cm³/mol. The molecule has 0 heterocycles. The fourth-order valence-corrected chi connectivity index (χ4v) is 14.3. The highest BCUT2D eigenvalue weighted by atomic mass is 31.2. The predicted octanol–water partition coefficient (Wildman–Crippen LogP) is 24.7. The van der Waals surface area contributed by atoms with E-state index >= 15 is 0 Å². The minimum Gasteiger partial charge on any atom is -0.462 e. The summed E-state index contributed by atoms with van der Waals surface area (Å²) in [6.07, 6.45) is 63.9. The Morgan fingerprint density at radius 2 is 0.455 bits per heavy atom. The second-order valence-corrected chi connectivity index (χ2v) is 33.4. The van der Waals surface area contributed by atoms with Crippen LogP contribution < -0.4 is 0 Å². The molecule has 0 fully saturated rings. The lowest BCUT2D eigenvalue weighted by Crippen LogP contribution is -2.30. The van der Waals surface area contributed by atoms with Crippen molar-refractivity contribution in [2.24, 2.45) is 11.8 Å². The van der Waals surface area contributed by atoms with Gasteiger partial charge in [0.1, 0.15) is 19.3 Å². The van der Waals surface area contributed by atoms with Crippen LogP contribution in [0.1, 0.15) is 433 Å². The van der Waals surface area contributed by atoms with Gasteiger partial charge >= 0.3 is 39.5 Å². The molecule has 0 aromatic carbocycles. The molecule has 2 unspecified atom stereocenters. The number of aliphatic hydroxyl groups excluding tert-OH is 1. The van der Waals surface area contributed by atoms with E-state index in [0.717, 1.165) is 108 Å². The number of hydrogen-bond donors (Lipinski definition) is 3. The Balaban J connectivity index is 5.19. The van der Waals surface area contributed by atoms with Gasteiger partial charge in [0.2, 0.25) is 0 Å².